The number of piperidine rings is 1. The van der Waals surface area contributed by atoms with Gasteiger partial charge in [0.05, 0.1) is 5.69 Å². The van der Waals surface area contributed by atoms with Gasteiger partial charge in [-0.2, -0.15) is 5.10 Å². The van der Waals surface area contributed by atoms with E-state index in [9.17, 15) is 9.90 Å². The molecular weight excluding hydrogens is 360 g/mol. The molecule has 28 heavy (non-hydrogen) atoms. The van der Waals surface area contributed by atoms with Crippen LogP contribution in [0.2, 0.25) is 0 Å². The van der Waals surface area contributed by atoms with Crippen molar-refractivity contribution in [1.82, 2.24) is 14.7 Å². The molecule has 3 aliphatic heterocycles. The molecule has 0 spiro atoms. The maximum absolute atomic E-state index is 11.2. The molecule has 0 radical (unpaired) electrons. The van der Waals surface area contributed by atoms with Crippen LogP contribution in [-0.4, -0.2) is 58.2 Å². The molecule has 148 valence electrons. The van der Waals surface area contributed by atoms with Crippen LogP contribution in [0.5, 0.6) is 11.5 Å². The number of carboxylic acids is 1. The van der Waals surface area contributed by atoms with Gasteiger partial charge in [0.15, 0.2) is 17.2 Å². The average molecular weight is 384 g/mol. The van der Waals surface area contributed by atoms with Gasteiger partial charge in [0.25, 0.3) is 0 Å². The van der Waals surface area contributed by atoms with Crippen LogP contribution < -0.4 is 14.4 Å². The molecule has 1 aromatic heterocycles. The van der Waals surface area contributed by atoms with Crippen LogP contribution in [0, 0.1) is 0 Å². The maximum atomic E-state index is 11.2. The van der Waals surface area contributed by atoms with E-state index in [1.54, 1.807) is 6.07 Å². The van der Waals surface area contributed by atoms with Crippen molar-refractivity contribution in [2.24, 2.45) is 0 Å². The first-order valence-electron chi connectivity index (χ1n) is 9.86. The van der Waals surface area contributed by atoms with Gasteiger partial charge in [-0.3, -0.25) is 9.58 Å². The molecule has 0 unspecified atom stereocenters. The molecule has 1 fully saturated rings. The minimum atomic E-state index is -0.954. The van der Waals surface area contributed by atoms with Crippen molar-refractivity contribution in [3.63, 3.8) is 0 Å². The van der Waals surface area contributed by atoms with Gasteiger partial charge in [-0.25, -0.2) is 4.79 Å². The number of hydrogen-bond donors (Lipinski definition) is 1. The molecule has 0 atom stereocenters. The van der Waals surface area contributed by atoms with Gasteiger partial charge in [0.1, 0.15) is 0 Å². The molecule has 1 saturated heterocycles. The second-order valence-electron chi connectivity index (χ2n) is 7.63. The van der Waals surface area contributed by atoms with Gasteiger partial charge in [-0.05, 0) is 37.5 Å². The third kappa shape index (κ3) is 3.17. The van der Waals surface area contributed by atoms with Gasteiger partial charge in [0, 0.05) is 50.5 Å². The highest BCUT2D eigenvalue weighted by molar-refractivity contribution is 5.85. The lowest BCUT2D eigenvalue weighted by Gasteiger charge is -2.39. The molecule has 5 rings (SSSR count). The summed E-state index contributed by atoms with van der Waals surface area (Å²) in [7, 11) is 0. The summed E-state index contributed by atoms with van der Waals surface area (Å²) in [4.78, 5) is 16.1. The Morgan fingerprint density at radius 1 is 1.07 bits per heavy atom. The lowest BCUT2D eigenvalue weighted by atomic mass is 10.0. The Morgan fingerprint density at radius 3 is 2.71 bits per heavy atom. The highest BCUT2D eigenvalue weighted by Gasteiger charge is 2.28. The number of aryl methyl sites for hydroxylation is 1. The number of hydrogen-bond acceptors (Lipinski definition) is 6. The zero-order valence-corrected chi connectivity index (χ0v) is 15.7. The number of benzene rings is 1. The number of fused-ring (bicyclic) bond motifs is 2. The van der Waals surface area contributed by atoms with E-state index in [2.05, 4.69) is 27.0 Å². The number of rotatable bonds is 3. The van der Waals surface area contributed by atoms with E-state index in [4.69, 9.17) is 9.47 Å². The van der Waals surface area contributed by atoms with Crippen molar-refractivity contribution >= 4 is 11.7 Å². The standard InChI is InChI=1S/C20H24N4O4/c25-20(26)17-10-16-12-23(6-1-7-24(16)21-17)14-4-8-22(9-5-14)15-2-3-18-19(11-15)28-13-27-18/h2-3,10-11,14H,1,4-9,12-13H2,(H,25,26). The Hall–Kier alpha value is -2.74. The van der Waals surface area contributed by atoms with Crippen LogP contribution in [0.3, 0.4) is 0 Å². The van der Waals surface area contributed by atoms with E-state index in [0.717, 1.165) is 69.2 Å². The number of carbonyl (C=O) groups is 1. The molecule has 0 saturated carbocycles. The van der Waals surface area contributed by atoms with Crippen LogP contribution in [0.1, 0.15) is 35.4 Å². The Labute approximate surface area is 163 Å². The Kier molecular flexibility index (Phi) is 4.35. The zero-order chi connectivity index (χ0) is 19.1. The zero-order valence-electron chi connectivity index (χ0n) is 15.7. The van der Waals surface area contributed by atoms with Crippen LogP contribution in [0.15, 0.2) is 24.3 Å². The lowest BCUT2D eigenvalue weighted by Crippen LogP contribution is -2.44. The normalized spacial score (nSPS) is 20.1. The number of carboxylic acid groups (broad SMARTS) is 1. The summed E-state index contributed by atoms with van der Waals surface area (Å²) >= 11 is 0. The van der Waals surface area contributed by atoms with Crippen molar-refractivity contribution < 1.29 is 19.4 Å². The first kappa shape index (κ1) is 17.4. The second-order valence-corrected chi connectivity index (χ2v) is 7.63. The molecule has 0 amide bonds. The minimum Gasteiger partial charge on any atom is -0.476 e. The van der Waals surface area contributed by atoms with Crippen LogP contribution in [0.4, 0.5) is 5.69 Å². The fraction of sp³-hybridized carbons (Fsp3) is 0.500. The molecular formula is C20H24N4O4. The van der Waals surface area contributed by atoms with Gasteiger partial charge < -0.3 is 19.5 Å². The summed E-state index contributed by atoms with van der Waals surface area (Å²) < 4.78 is 12.8. The second kappa shape index (κ2) is 7.01. The maximum Gasteiger partial charge on any atom is 0.356 e. The van der Waals surface area contributed by atoms with E-state index in [0.29, 0.717) is 12.8 Å². The Balaban J connectivity index is 1.24. The van der Waals surface area contributed by atoms with Crippen molar-refractivity contribution in [3.05, 3.63) is 35.7 Å². The number of aromatic carboxylic acids is 1. The van der Waals surface area contributed by atoms with E-state index in [-0.39, 0.29) is 5.69 Å². The van der Waals surface area contributed by atoms with Gasteiger partial charge >= 0.3 is 5.97 Å². The van der Waals surface area contributed by atoms with E-state index >= 15 is 0 Å². The third-order valence-corrected chi connectivity index (χ3v) is 5.96. The monoisotopic (exact) mass is 384 g/mol. The predicted octanol–water partition coefficient (Wildman–Crippen LogP) is 2.18. The summed E-state index contributed by atoms with van der Waals surface area (Å²) in [6.45, 7) is 4.89. The van der Waals surface area contributed by atoms with Gasteiger partial charge in [-0.1, -0.05) is 0 Å². The van der Waals surface area contributed by atoms with Crippen molar-refractivity contribution in [2.75, 3.05) is 31.3 Å². The fourth-order valence-corrected chi connectivity index (χ4v) is 4.47. The number of aromatic nitrogens is 2. The Morgan fingerprint density at radius 2 is 1.89 bits per heavy atom. The molecule has 3 aliphatic rings. The molecule has 1 N–H and O–H groups in total. The van der Waals surface area contributed by atoms with Gasteiger partial charge in [0.2, 0.25) is 6.79 Å². The summed E-state index contributed by atoms with van der Waals surface area (Å²) in [5.41, 5.74) is 2.34. The average Bonchev–Trinajstić information content (AvgIpc) is 3.29. The summed E-state index contributed by atoms with van der Waals surface area (Å²) in [6, 6.07) is 8.40. The summed E-state index contributed by atoms with van der Waals surface area (Å²) in [5.74, 6) is 0.694. The largest absolute Gasteiger partial charge is 0.476 e. The molecule has 0 aliphatic carbocycles. The topological polar surface area (TPSA) is 80.1 Å². The van der Waals surface area contributed by atoms with E-state index in [1.807, 2.05) is 10.7 Å². The smallest absolute Gasteiger partial charge is 0.356 e. The SMILES string of the molecule is O=C(O)c1cc2n(n1)CCCN(C1CCN(c3ccc4c(c3)OCO4)CC1)C2. The number of nitrogens with zero attached hydrogens (tertiary/aromatic N) is 4. The Bertz CT molecular complexity index is 888. The molecule has 0 bridgehead atoms. The summed E-state index contributed by atoms with van der Waals surface area (Å²) in [5, 5.41) is 13.4. The van der Waals surface area contributed by atoms with Crippen molar-refractivity contribution in [1.29, 1.82) is 0 Å². The highest BCUT2D eigenvalue weighted by Crippen LogP contribution is 2.36. The first-order chi connectivity index (χ1) is 13.7. The first-order valence-corrected chi connectivity index (χ1v) is 9.86. The number of anilines is 1. The molecule has 8 heteroatoms. The fourth-order valence-electron chi connectivity index (χ4n) is 4.47. The van der Waals surface area contributed by atoms with E-state index < -0.39 is 5.97 Å². The van der Waals surface area contributed by atoms with Crippen molar-refractivity contribution in [2.45, 2.75) is 38.4 Å². The predicted molar refractivity (Wildman–Crippen MR) is 102 cm³/mol. The molecule has 8 nitrogen and oxygen atoms in total. The summed E-state index contributed by atoms with van der Waals surface area (Å²) in [6.07, 6.45) is 3.18. The van der Waals surface area contributed by atoms with Crippen LogP contribution in [0.25, 0.3) is 0 Å². The highest BCUT2D eigenvalue weighted by atomic mass is 16.7. The van der Waals surface area contributed by atoms with E-state index in [1.165, 1.54) is 5.69 Å². The molecule has 2 aromatic rings. The quantitative estimate of drug-likeness (QED) is 0.869. The third-order valence-electron chi connectivity index (χ3n) is 5.96. The van der Waals surface area contributed by atoms with Crippen LogP contribution >= 0.6 is 0 Å². The lowest BCUT2D eigenvalue weighted by molar-refractivity contribution is 0.0689. The number of ether oxygens (including phenoxy) is 2. The minimum absolute atomic E-state index is 0.148. The molecule has 4 heterocycles. The van der Waals surface area contributed by atoms with Crippen molar-refractivity contribution in [3.8, 4) is 11.5 Å². The molecule has 1 aromatic carbocycles. The van der Waals surface area contributed by atoms with Gasteiger partial charge in [-0.15, -0.1) is 0 Å². The van der Waals surface area contributed by atoms with Crippen LogP contribution in [-0.2, 0) is 13.1 Å².